The van der Waals surface area contributed by atoms with Gasteiger partial charge in [-0.2, -0.15) is 0 Å². The zero-order valence-corrected chi connectivity index (χ0v) is 15.4. The molecule has 146 valence electrons. The van der Waals surface area contributed by atoms with Crippen molar-refractivity contribution in [1.82, 2.24) is 5.32 Å². The molecule has 0 saturated carbocycles. The molecular weight excluding hydrogens is 362 g/mol. The number of nitrogens with one attached hydrogen (secondary N) is 2. The van der Waals surface area contributed by atoms with Crippen LogP contribution in [-0.2, 0) is 0 Å². The molecule has 0 saturated heterocycles. The predicted octanol–water partition coefficient (Wildman–Crippen LogP) is 4.84. The number of carbonyl (C=O) groups is 2. The van der Waals surface area contributed by atoms with Crippen molar-refractivity contribution < 1.29 is 18.4 Å². The van der Waals surface area contributed by atoms with E-state index >= 15 is 0 Å². The van der Waals surface area contributed by atoms with Crippen LogP contribution in [0.5, 0.6) is 0 Å². The van der Waals surface area contributed by atoms with Gasteiger partial charge in [0, 0.05) is 29.4 Å². The quantitative estimate of drug-likeness (QED) is 0.701. The second-order valence-corrected chi connectivity index (χ2v) is 6.77. The van der Waals surface area contributed by atoms with Crippen LogP contribution in [0.4, 0.5) is 14.5 Å². The summed E-state index contributed by atoms with van der Waals surface area (Å²) < 4.78 is 26.2. The van der Waals surface area contributed by atoms with Gasteiger partial charge in [0.15, 0.2) is 11.6 Å². The van der Waals surface area contributed by atoms with Crippen LogP contribution in [0.15, 0.2) is 54.1 Å². The highest BCUT2D eigenvalue weighted by Gasteiger charge is 2.11. The molecule has 6 heteroatoms. The van der Waals surface area contributed by atoms with E-state index < -0.39 is 17.5 Å². The van der Waals surface area contributed by atoms with Crippen LogP contribution in [0.3, 0.4) is 0 Å². The third kappa shape index (κ3) is 5.25. The molecule has 0 fully saturated rings. The number of amides is 2. The smallest absolute Gasteiger partial charge is 0.255 e. The zero-order chi connectivity index (χ0) is 19.9. The lowest BCUT2D eigenvalue weighted by molar-refractivity contribution is 0.0952. The zero-order valence-electron chi connectivity index (χ0n) is 15.4. The van der Waals surface area contributed by atoms with Crippen molar-refractivity contribution in [2.75, 3.05) is 11.9 Å². The van der Waals surface area contributed by atoms with E-state index in [9.17, 15) is 18.4 Å². The third-order valence-electron chi connectivity index (χ3n) is 4.70. The van der Waals surface area contributed by atoms with E-state index in [0.29, 0.717) is 17.7 Å². The number of allylic oxidation sites excluding steroid dienone is 1. The highest BCUT2D eigenvalue weighted by Crippen LogP contribution is 2.19. The van der Waals surface area contributed by atoms with Gasteiger partial charge in [-0.25, -0.2) is 8.78 Å². The Bertz CT molecular complexity index is 892. The third-order valence-corrected chi connectivity index (χ3v) is 4.70. The van der Waals surface area contributed by atoms with Crippen LogP contribution >= 0.6 is 0 Å². The Kier molecular flexibility index (Phi) is 6.53. The van der Waals surface area contributed by atoms with Crippen LogP contribution in [0.1, 0.15) is 52.8 Å². The number of halogens is 2. The van der Waals surface area contributed by atoms with E-state index in [-0.39, 0.29) is 11.6 Å². The number of carbonyl (C=O) groups excluding carboxylic acids is 2. The van der Waals surface area contributed by atoms with Crippen molar-refractivity contribution in [1.29, 1.82) is 0 Å². The van der Waals surface area contributed by atoms with Gasteiger partial charge in [-0.3, -0.25) is 9.59 Å². The van der Waals surface area contributed by atoms with Gasteiger partial charge in [0.2, 0.25) is 0 Å². The maximum atomic E-state index is 13.2. The van der Waals surface area contributed by atoms with Crippen molar-refractivity contribution in [2.24, 2.45) is 0 Å². The largest absolute Gasteiger partial charge is 0.352 e. The first-order valence-electron chi connectivity index (χ1n) is 9.35. The number of hydrogen-bond donors (Lipinski definition) is 2. The average molecular weight is 384 g/mol. The van der Waals surface area contributed by atoms with Gasteiger partial charge in [0.05, 0.1) is 0 Å². The summed E-state index contributed by atoms with van der Waals surface area (Å²) >= 11 is 0. The van der Waals surface area contributed by atoms with Gasteiger partial charge in [0.1, 0.15) is 0 Å². The summed E-state index contributed by atoms with van der Waals surface area (Å²) in [7, 11) is 0. The number of anilines is 1. The molecule has 0 radical (unpaired) electrons. The van der Waals surface area contributed by atoms with Gasteiger partial charge >= 0.3 is 0 Å². The average Bonchev–Trinajstić information content (AvgIpc) is 2.71. The molecule has 2 aromatic rings. The lowest BCUT2D eigenvalue weighted by Crippen LogP contribution is -2.25. The topological polar surface area (TPSA) is 58.2 Å². The fraction of sp³-hybridized carbons (Fsp3) is 0.273. The van der Waals surface area contributed by atoms with Crippen molar-refractivity contribution in [3.63, 3.8) is 0 Å². The molecule has 0 aromatic heterocycles. The van der Waals surface area contributed by atoms with E-state index in [0.717, 1.165) is 31.4 Å². The summed E-state index contributed by atoms with van der Waals surface area (Å²) in [6.07, 6.45) is 7.81. The van der Waals surface area contributed by atoms with E-state index in [1.165, 1.54) is 36.6 Å². The van der Waals surface area contributed by atoms with E-state index in [2.05, 4.69) is 16.7 Å². The van der Waals surface area contributed by atoms with E-state index in [1.807, 2.05) is 0 Å². The molecule has 2 N–H and O–H groups in total. The molecule has 0 atom stereocenters. The Labute approximate surface area is 162 Å². The Hall–Kier alpha value is -3.02. The molecule has 1 aliphatic carbocycles. The summed E-state index contributed by atoms with van der Waals surface area (Å²) in [5.74, 6) is -2.67. The van der Waals surface area contributed by atoms with Crippen LogP contribution in [0.2, 0.25) is 0 Å². The van der Waals surface area contributed by atoms with Gasteiger partial charge in [0.25, 0.3) is 11.8 Å². The van der Waals surface area contributed by atoms with E-state index in [4.69, 9.17) is 0 Å². The summed E-state index contributed by atoms with van der Waals surface area (Å²) in [6.45, 7) is 0.586. The number of benzene rings is 2. The van der Waals surface area contributed by atoms with Gasteiger partial charge in [-0.1, -0.05) is 11.6 Å². The van der Waals surface area contributed by atoms with Crippen LogP contribution < -0.4 is 10.6 Å². The fourth-order valence-corrected chi connectivity index (χ4v) is 3.12. The van der Waals surface area contributed by atoms with Crippen LogP contribution in [0, 0.1) is 11.6 Å². The van der Waals surface area contributed by atoms with Gasteiger partial charge in [-0.05, 0) is 68.5 Å². The van der Waals surface area contributed by atoms with E-state index in [1.54, 1.807) is 12.1 Å². The van der Waals surface area contributed by atoms with Gasteiger partial charge in [-0.15, -0.1) is 0 Å². The number of hydrogen-bond acceptors (Lipinski definition) is 2. The second-order valence-electron chi connectivity index (χ2n) is 6.77. The fourth-order valence-electron chi connectivity index (χ4n) is 3.12. The Morgan fingerprint density at radius 1 is 0.893 bits per heavy atom. The molecule has 3 rings (SSSR count). The molecule has 2 amide bonds. The molecule has 0 bridgehead atoms. The molecule has 0 heterocycles. The molecular formula is C22H22F2N2O2. The minimum absolute atomic E-state index is 0.155. The molecule has 0 unspecified atom stereocenters. The maximum absolute atomic E-state index is 13.2. The van der Waals surface area contributed by atoms with Crippen molar-refractivity contribution >= 4 is 17.5 Å². The molecule has 0 aliphatic heterocycles. The lowest BCUT2D eigenvalue weighted by Gasteiger charge is -2.13. The Morgan fingerprint density at radius 3 is 2.25 bits per heavy atom. The summed E-state index contributed by atoms with van der Waals surface area (Å²) in [4.78, 5) is 24.4. The summed E-state index contributed by atoms with van der Waals surface area (Å²) in [6, 6.07) is 9.31. The number of rotatable bonds is 6. The molecule has 0 spiro atoms. The lowest BCUT2D eigenvalue weighted by atomic mass is 9.97. The monoisotopic (exact) mass is 384 g/mol. The highest BCUT2D eigenvalue weighted by molar-refractivity contribution is 6.05. The minimum Gasteiger partial charge on any atom is -0.352 e. The SMILES string of the molecule is O=C(NCCC1=CCCCC1)c1ccc(C(=O)Nc2ccc(F)c(F)c2)cc1. The Balaban J connectivity index is 1.53. The summed E-state index contributed by atoms with van der Waals surface area (Å²) in [5, 5.41) is 5.38. The normalized spacial score (nSPS) is 13.6. The highest BCUT2D eigenvalue weighted by atomic mass is 19.2. The molecule has 28 heavy (non-hydrogen) atoms. The molecule has 1 aliphatic rings. The molecule has 4 nitrogen and oxygen atoms in total. The van der Waals surface area contributed by atoms with Crippen molar-refractivity contribution in [3.05, 3.63) is 76.9 Å². The first-order chi connectivity index (χ1) is 13.5. The van der Waals surface area contributed by atoms with Crippen LogP contribution in [0.25, 0.3) is 0 Å². The first-order valence-corrected chi connectivity index (χ1v) is 9.35. The molecule has 2 aromatic carbocycles. The minimum atomic E-state index is -1.03. The van der Waals surface area contributed by atoms with Crippen LogP contribution in [-0.4, -0.2) is 18.4 Å². The first kappa shape index (κ1) is 19.7. The Morgan fingerprint density at radius 2 is 1.61 bits per heavy atom. The van der Waals surface area contributed by atoms with Gasteiger partial charge < -0.3 is 10.6 Å². The van der Waals surface area contributed by atoms with Crippen molar-refractivity contribution in [3.8, 4) is 0 Å². The summed E-state index contributed by atoms with van der Waals surface area (Å²) in [5.41, 5.74) is 2.33. The predicted molar refractivity (Wildman–Crippen MR) is 104 cm³/mol. The maximum Gasteiger partial charge on any atom is 0.255 e. The standard InChI is InChI=1S/C22H22F2N2O2/c23-19-11-10-18(14-20(19)24)26-22(28)17-8-6-16(7-9-17)21(27)25-13-12-15-4-2-1-3-5-15/h4,6-11,14H,1-3,5,12-13H2,(H,25,27)(H,26,28). The second kappa shape index (κ2) is 9.26. The van der Waals surface area contributed by atoms with Crippen molar-refractivity contribution in [2.45, 2.75) is 32.1 Å².